The molecule has 2 spiro atoms. The van der Waals surface area contributed by atoms with Gasteiger partial charge in [0.2, 0.25) is 11.8 Å². The number of likely N-dealkylation sites (N-methyl/N-ethyl adjacent to an activating group) is 2. The summed E-state index contributed by atoms with van der Waals surface area (Å²) in [6.07, 6.45) is 0. The monoisotopic (exact) mass is 556 g/mol. The zero-order chi connectivity index (χ0) is 28.4. The minimum atomic E-state index is -1.10. The van der Waals surface area contributed by atoms with Gasteiger partial charge in [0.05, 0.1) is 22.7 Å². The average molecular weight is 557 g/mol. The molecule has 1 saturated carbocycles. The third-order valence-corrected chi connectivity index (χ3v) is 9.17. The first-order valence-corrected chi connectivity index (χ1v) is 14.0. The van der Waals surface area contributed by atoms with Gasteiger partial charge in [0, 0.05) is 28.2 Å². The van der Waals surface area contributed by atoms with Crippen molar-refractivity contribution in [3.8, 4) is 23.0 Å². The Morgan fingerprint density at radius 1 is 0.429 bits per heavy atom. The van der Waals surface area contributed by atoms with Crippen molar-refractivity contribution < 1.29 is 18.9 Å². The molecular formula is C34H28N4O4. The van der Waals surface area contributed by atoms with Crippen LogP contribution in [0.2, 0.25) is 0 Å². The van der Waals surface area contributed by atoms with Gasteiger partial charge in [-0.25, -0.2) is 0 Å². The summed E-state index contributed by atoms with van der Waals surface area (Å²) in [4.78, 5) is 8.53. The van der Waals surface area contributed by atoms with Crippen molar-refractivity contribution in [3.05, 3.63) is 120 Å². The summed E-state index contributed by atoms with van der Waals surface area (Å²) < 4.78 is 27.6. The Bertz CT molecular complexity index is 1750. The molecule has 4 aliphatic heterocycles. The fourth-order valence-electron chi connectivity index (χ4n) is 7.18. The third-order valence-electron chi connectivity index (χ3n) is 9.17. The number of hydrogen-bond acceptors (Lipinski definition) is 8. The lowest BCUT2D eigenvalue weighted by molar-refractivity contribution is -0.00252. The number of nitrogens with zero attached hydrogens (tertiary/aromatic N) is 4. The van der Waals surface area contributed by atoms with Gasteiger partial charge >= 0.3 is 0 Å². The molecule has 8 nitrogen and oxygen atoms in total. The van der Waals surface area contributed by atoms with E-state index in [2.05, 4.69) is 58.0 Å². The number of rotatable bonds is 0. The molecule has 1 fully saturated rings. The van der Waals surface area contributed by atoms with E-state index < -0.39 is 11.4 Å². The molecule has 4 heterocycles. The quantitative estimate of drug-likeness (QED) is 0.264. The molecule has 1 aliphatic carbocycles. The van der Waals surface area contributed by atoms with Crippen LogP contribution in [0.5, 0.6) is 23.0 Å². The van der Waals surface area contributed by atoms with Crippen LogP contribution in [0.4, 0.5) is 22.7 Å². The molecule has 0 radical (unpaired) electrons. The second-order valence-electron chi connectivity index (χ2n) is 11.2. The topological polar surface area (TPSA) is 49.9 Å². The molecule has 8 heteroatoms. The molecule has 42 heavy (non-hydrogen) atoms. The Morgan fingerprint density at radius 2 is 0.762 bits per heavy atom. The summed E-state index contributed by atoms with van der Waals surface area (Å²) in [7, 11) is 8.18. The molecule has 0 saturated heterocycles. The minimum Gasteiger partial charge on any atom is -0.457 e. The number of benzene rings is 4. The average Bonchev–Trinajstić information content (AvgIpc) is 3.71. The lowest BCUT2D eigenvalue weighted by Crippen LogP contribution is -2.78. The van der Waals surface area contributed by atoms with E-state index in [-0.39, 0.29) is 0 Å². The van der Waals surface area contributed by atoms with Crippen molar-refractivity contribution in [2.24, 2.45) is 0 Å². The minimum absolute atomic E-state index is 0.665. The van der Waals surface area contributed by atoms with E-state index in [1.54, 1.807) is 0 Å². The van der Waals surface area contributed by atoms with Gasteiger partial charge < -0.3 is 38.5 Å². The van der Waals surface area contributed by atoms with Gasteiger partial charge in [-0.05, 0) is 48.5 Å². The second-order valence-corrected chi connectivity index (χ2v) is 11.2. The van der Waals surface area contributed by atoms with Crippen LogP contribution >= 0.6 is 0 Å². The highest BCUT2D eigenvalue weighted by molar-refractivity contribution is 5.85. The predicted molar refractivity (Wildman–Crippen MR) is 161 cm³/mol. The summed E-state index contributed by atoms with van der Waals surface area (Å²) in [5, 5.41) is 0. The first-order chi connectivity index (χ1) is 20.5. The van der Waals surface area contributed by atoms with Crippen LogP contribution < -0.4 is 38.5 Å². The zero-order valence-corrected chi connectivity index (χ0v) is 23.7. The first kappa shape index (κ1) is 23.5. The van der Waals surface area contributed by atoms with Crippen LogP contribution in [0.25, 0.3) is 0 Å². The lowest BCUT2D eigenvalue weighted by Gasteiger charge is -2.59. The second kappa shape index (κ2) is 7.73. The highest BCUT2D eigenvalue weighted by atomic mass is 16.6. The number of anilines is 4. The van der Waals surface area contributed by atoms with Crippen LogP contribution in [0, 0.1) is 0 Å². The van der Waals surface area contributed by atoms with Gasteiger partial charge in [-0.15, -0.1) is 0 Å². The van der Waals surface area contributed by atoms with E-state index in [0.29, 0.717) is 11.8 Å². The molecular weight excluding hydrogens is 528 g/mol. The largest absolute Gasteiger partial charge is 0.457 e. The standard InChI is InChI=1S/C34H28N4O4/c1-35-21-13-5-9-17-25(21)39-31(35)29-33(37(3)23-15-7-11-19-27(23)41-33)30(32-36(2)22-14-6-10-18-26(22)40-32)34(29)38(4)24-16-8-12-20-28(24)42-34/h5-20H,1-4H3. The third kappa shape index (κ3) is 2.55. The Morgan fingerprint density at radius 3 is 1.12 bits per heavy atom. The van der Waals surface area contributed by atoms with Crippen LogP contribution in [-0.4, -0.2) is 39.6 Å². The van der Waals surface area contributed by atoms with Crippen LogP contribution in [0.3, 0.4) is 0 Å². The molecule has 0 aromatic heterocycles. The van der Waals surface area contributed by atoms with Crippen molar-refractivity contribution in [1.82, 2.24) is 0 Å². The number of para-hydroxylation sites is 8. The normalized spacial score (nSPS) is 24.3. The summed E-state index contributed by atoms with van der Waals surface area (Å²) >= 11 is 0. The molecule has 5 aliphatic rings. The Kier molecular flexibility index (Phi) is 4.32. The Balaban J connectivity index is 1.37. The summed E-state index contributed by atoms with van der Waals surface area (Å²) in [5.41, 5.74) is 3.36. The van der Waals surface area contributed by atoms with Crippen molar-refractivity contribution in [3.63, 3.8) is 0 Å². The van der Waals surface area contributed by atoms with Gasteiger partial charge in [0.15, 0.2) is 11.5 Å². The van der Waals surface area contributed by atoms with Gasteiger partial charge in [0.1, 0.15) is 22.6 Å². The Hall–Kier alpha value is -5.24. The molecule has 4 aromatic carbocycles. The first-order valence-electron chi connectivity index (χ1n) is 14.0. The van der Waals surface area contributed by atoms with Crippen molar-refractivity contribution in [2.75, 3.05) is 47.8 Å². The smallest absolute Gasteiger partial charge is 0.251 e. The van der Waals surface area contributed by atoms with Gasteiger partial charge in [0.25, 0.3) is 11.4 Å². The highest BCUT2D eigenvalue weighted by Gasteiger charge is 2.80. The molecule has 208 valence electrons. The summed E-state index contributed by atoms with van der Waals surface area (Å²) in [5.74, 6) is 4.45. The SMILES string of the molecule is CN1C(=C2C3(Oc4ccccc4N3C)C(=C3Oc4ccccc4N3C)C23Oc2ccccc2N3C)Oc2ccccc21. The maximum atomic E-state index is 7.11. The molecule has 4 aromatic rings. The molecule has 9 rings (SSSR count). The van der Waals surface area contributed by atoms with E-state index in [1.807, 2.05) is 86.9 Å². The van der Waals surface area contributed by atoms with E-state index in [0.717, 1.165) is 56.9 Å². The maximum Gasteiger partial charge on any atom is 0.251 e. The highest BCUT2D eigenvalue weighted by Crippen LogP contribution is 2.69. The van der Waals surface area contributed by atoms with Crippen molar-refractivity contribution in [2.45, 2.75) is 11.4 Å². The van der Waals surface area contributed by atoms with E-state index >= 15 is 0 Å². The number of ether oxygens (including phenoxy) is 4. The van der Waals surface area contributed by atoms with Crippen LogP contribution in [-0.2, 0) is 0 Å². The molecule has 0 unspecified atom stereocenters. The van der Waals surface area contributed by atoms with E-state index in [1.165, 1.54) is 0 Å². The maximum absolute atomic E-state index is 7.11. The molecule has 0 amide bonds. The lowest BCUT2D eigenvalue weighted by atomic mass is 9.65. The molecule has 0 bridgehead atoms. The predicted octanol–water partition coefficient (Wildman–Crippen LogP) is 5.93. The van der Waals surface area contributed by atoms with E-state index in [4.69, 9.17) is 18.9 Å². The van der Waals surface area contributed by atoms with Crippen molar-refractivity contribution in [1.29, 1.82) is 0 Å². The molecule has 0 atom stereocenters. The fraction of sp³-hybridized carbons (Fsp3) is 0.176. The van der Waals surface area contributed by atoms with Gasteiger partial charge in [-0.3, -0.25) is 0 Å². The molecule has 0 N–H and O–H groups in total. The fourth-order valence-corrected chi connectivity index (χ4v) is 7.18. The van der Waals surface area contributed by atoms with Crippen molar-refractivity contribution >= 4 is 22.7 Å². The Labute approximate surface area is 243 Å². The summed E-state index contributed by atoms with van der Waals surface area (Å²) in [6, 6.07) is 32.3. The van der Waals surface area contributed by atoms with Crippen LogP contribution in [0.15, 0.2) is 120 Å². The zero-order valence-electron chi connectivity index (χ0n) is 23.7. The van der Waals surface area contributed by atoms with Gasteiger partial charge in [-0.1, -0.05) is 48.5 Å². The van der Waals surface area contributed by atoms with Crippen LogP contribution in [0.1, 0.15) is 0 Å². The van der Waals surface area contributed by atoms with Gasteiger partial charge in [-0.2, -0.15) is 0 Å². The van der Waals surface area contributed by atoms with E-state index in [9.17, 15) is 0 Å². The number of hydrogen-bond donors (Lipinski definition) is 0. The summed E-state index contributed by atoms with van der Waals surface area (Å²) in [6.45, 7) is 0. The number of fused-ring (bicyclic) bond motifs is 4.